The van der Waals surface area contributed by atoms with Crippen molar-refractivity contribution >= 4 is 11.6 Å². The first-order chi connectivity index (χ1) is 9.38. The van der Waals surface area contributed by atoms with Gasteiger partial charge in [-0.2, -0.15) is 0 Å². The van der Waals surface area contributed by atoms with Crippen LogP contribution in [0.4, 0.5) is 14.5 Å². The average Bonchev–Trinajstić information content (AvgIpc) is 2.36. The summed E-state index contributed by atoms with van der Waals surface area (Å²) < 4.78 is 26.3. The zero-order valence-electron chi connectivity index (χ0n) is 10.9. The molecule has 0 heterocycles. The van der Waals surface area contributed by atoms with Gasteiger partial charge in [0.2, 0.25) is 0 Å². The molecule has 5 nitrogen and oxygen atoms in total. The van der Waals surface area contributed by atoms with Gasteiger partial charge < -0.3 is 5.32 Å². The van der Waals surface area contributed by atoms with Crippen LogP contribution in [0.1, 0.15) is 43.0 Å². The van der Waals surface area contributed by atoms with E-state index in [1.807, 2.05) is 6.92 Å². The molecule has 1 fully saturated rings. The molecular weight excluding hydrogens is 270 g/mol. The minimum absolute atomic E-state index is 0.379. The van der Waals surface area contributed by atoms with Gasteiger partial charge in [-0.3, -0.25) is 14.9 Å². The number of halogens is 2. The Hall–Kier alpha value is -2.05. The predicted molar refractivity (Wildman–Crippen MR) is 67.4 cm³/mol. The number of benzene rings is 1. The molecule has 1 aromatic carbocycles. The molecule has 0 aromatic heterocycles. The van der Waals surface area contributed by atoms with Gasteiger partial charge in [0.25, 0.3) is 11.6 Å². The van der Waals surface area contributed by atoms with Gasteiger partial charge >= 0.3 is 0 Å². The second kappa shape index (κ2) is 5.15. The van der Waals surface area contributed by atoms with Crippen molar-refractivity contribution < 1.29 is 18.5 Å². The van der Waals surface area contributed by atoms with Gasteiger partial charge in [-0.25, -0.2) is 8.78 Å². The summed E-state index contributed by atoms with van der Waals surface area (Å²) in [5, 5.41) is 13.6. The molecule has 20 heavy (non-hydrogen) atoms. The Morgan fingerprint density at radius 1 is 1.40 bits per heavy atom. The molecule has 0 bridgehead atoms. The monoisotopic (exact) mass is 284 g/mol. The van der Waals surface area contributed by atoms with Gasteiger partial charge in [-0.1, -0.05) is 6.92 Å². The summed E-state index contributed by atoms with van der Waals surface area (Å²) in [5.74, 6) is -3.36. The molecule has 0 aliphatic heterocycles. The Balaban J connectivity index is 2.33. The van der Waals surface area contributed by atoms with Crippen LogP contribution in [-0.2, 0) is 0 Å². The first-order valence-corrected chi connectivity index (χ1v) is 6.34. The van der Waals surface area contributed by atoms with Crippen molar-refractivity contribution in [2.24, 2.45) is 0 Å². The zero-order valence-corrected chi connectivity index (χ0v) is 10.9. The molecule has 0 unspecified atom stereocenters. The summed E-state index contributed by atoms with van der Waals surface area (Å²) in [7, 11) is 0. The van der Waals surface area contributed by atoms with Crippen molar-refractivity contribution in [1.82, 2.24) is 5.32 Å². The maximum Gasteiger partial charge on any atom is 0.285 e. The summed E-state index contributed by atoms with van der Waals surface area (Å²) in [6, 6.07) is 1.01. The van der Waals surface area contributed by atoms with Crippen LogP contribution in [0.2, 0.25) is 0 Å². The van der Waals surface area contributed by atoms with Crippen LogP contribution in [0.3, 0.4) is 0 Å². The number of nitrogens with zero attached hydrogens (tertiary/aromatic N) is 1. The Bertz CT molecular complexity index is 565. The van der Waals surface area contributed by atoms with Crippen LogP contribution in [0.15, 0.2) is 12.1 Å². The maximum absolute atomic E-state index is 13.2. The number of nitro benzene ring substituents is 1. The van der Waals surface area contributed by atoms with Gasteiger partial charge in [0.15, 0.2) is 11.6 Å². The Morgan fingerprint density at radius 2 is 2.00 bits per heavy atom. The van der Waals surface area contributed by atoms with E-state index in [-0.39, 0.29) is 5.54 Å². The molecule has 1 aliphatic rings. The van der Waals surface area contributed by atoms with Gasteiger partial charge in [0.1, 0.15) is 5.56 Å². The molecule has 0 radical (unpaired) electrons. The molecule has 1 N–H and O–H groups in total. The highest BCUT2D eigenvalue weighted by Gasteiger charge is 2.38. The summed E-state index contributed by atoms with van der Waals surface area (Å²) in [6.45, 7) is 1.90. The number of amides is 1. The zero-order chi connectivity index (χ0) is 14.9. The molecule has 1 aliphatic carbocycles. The van der Waals surface area contributed by atoms with Crippen LogP contribution in [-0.4, -0.2) is 16.4 Å². The lowest BCUT2D eigenvalue weighted by Crippen LogP contribution is -2.53. The fourth-order valence-electron chi connectivity index (χ4n) is 2.35. The summed E-state index contributed by atoms with van der Waals surface area (Å²) in [4.78, 5) is 22.0. The van der Waals surface area contributed by atoms with Crippen molar-refractivity contribution in [3.05, 3.63) is 39.4 Å². The molecule has 1 amide bonds. The van der Waals surface area contributed by atoms with Crippen LogP contribution >= 0.6 is 0 Å². The standard InChI is InChI=1S/C13H14F2N2O3/c1-2-13(4-3-5-13)16-12(18)8-6-9(14)10(15)7-11(8)17(19)20/h6-7H,2-5H2,1H3,(H,16,18). The van der Waals surface area contributed by atoms with E-state index >= 15 is 0 Å². The molecular formula is C13H14F2N2O3. The maximum atomic E-state index is 13.2. The highest BCUT2D eigenvalue weighted by Crippen LogP contribution is 2.35. The number of nitrogens with one attached hydrogen (secondary N) is 1. The fourth-order valence-corrected chi connectivity index (χ4v) is 2.35. The van der Waals surface area contributed by atoms with E-state index in [1.165, 1.54) is 0 Å². The third-order valence-electron chi connectivity index (χ3n) is 3.85. The molecule has 2 rings (SSSR count). The number of rotatable bonds is 4. The van der Waals surface area contributed by atoms with Gasteiger partial charge in [0.05, 0.1) is 11.0 Å². The van der Waals surface area contributed by atoms with E-state index < -0.39 is 33.7 Å². The second-order valence-corrected chi connectivity index (χ2v) is 4.98. The lowest BCUT2D eigenvalue weighted by Gasteiger charge is -2.41. The molecule has 1 saturated carbocycles. The molecule has 0 saturated heterocycles. The molecule has 1 aromatic rings. The topological polar surface area (TPSA) is 72.2 Å². The van der Waals surface area contributed by atoms with E-state index in [2.05, 4.69) is 5.32 Å². The lowest BCUT2D eigenvalue weighted by molar-refractivity contribution is -0.385. The second-order valence-electron chi connectivity index (χ2n) is 4.98. The Labute approximate surface area is 114 Å². The van der Waals surface area contributed by atoms with Crippen LogP contribution in [0.25, 0.3) is 0 Å². The van der Waals surface area contributed by atoms with E-state index in [0.29, 0.717) is 18.6 Å². The van der Waals surface area contributed by atoms with Crippen molar-refractivity contribution in [1.29, 1.82) is 0 Å². The number of hydrogen-bond acceptors (Lipinski definition) is 3. The van der Waals surface area contributed by atoms with Gasteiger partial charge in [0, 0.05) is 5.54 Å². The largest absolute Gasteiger partial charge is 0.346 e. The first-order valence-electron chi connectivity index (χ1n) is 6.34. The number of carbonyl (C=O) groups excluding carboxylic acids is 1. The minimum atomic E-state index is -1.35. The van der Waals surface area contributed by atoms with E-state index in [4.69, 9.17) is 0 Å². The highest BCUT2D eigenvalue weighted by molar-refractivity contribution is 5.98. The van der Waals surface area contributed by atoms with E-state index in [1.54, 1.807) is 0 Å². The average molecular weight is 284 g/mol. The molecule has 108 valence electrons. The predicted octanol–water partition coefficient (Wildman–Crippen LogP) is 2.94. The smallest absolute Gasteiger partial charge is 0.285 e. The number of hydrogen-bond donors (Lipinski definition) is 1. The van der Waals surface area contributed by atoms with Gasteiger partial charge in [-0.05, 0) is 31.7 Å². The summed E-state index contributed by atoms with van der Waals surface area (Å²) >= 11 is 0. The summed E-state index contributed by atoms with van der Waals surface area (Å²) in [5.41, 5.74) is -1.56. The number of carbonyl (C=O) groups is 1. The summed E-state index contributed by atoms with van der Waals surface area (Å²) in [6.07, 6.45) is 3.23. The van der Waals surface area contributed by atoms with Crippen molar-refractivity contribution in [3.8, 4) is 0 Å². The third kappa shape index (κ3) is 2.48. The third-order valence-corrected chi connectivity index (χ3v) is 3.85. The quantitative estimate of drug-likeness (QED) is 0.682. The fraction of sp³-hybridized carbons (Fsp3) is 0.462. The minimum Gasteiger partial charge on any atom is -0.346 e. The van der Waals surface area contributed by atoms with Gasteiger partial charge in [-0.15, -0.1) is 0 Å². The molecule has 7 heteroatoms. The number of nitro groups is 1. The van der Waals surface area contributed by atoms with Crippen LogP contribution < -0.4 is 5.32 Å². The normalized spacial score (nSPS) is 16.4. The molecule has 0 spiro atoms. The van der Waals surface area contributed by atoms with Crippen molar-refractivity contribution in [2.75, 3.05) is 0 Å². The van der Waals surface area contributed by atoms with E-state index in [0.717, 1.165) is 19.3 Å². The molecule has 0 atom stereocenters. The van der Waals surface area contributed by atoms with Crippen molar-refractivity contribution in [2.45, 2.75) is 38.1 Å². The van der Waals surface area contributed by atoms with Crippen LogP contribution in [0, 0.1) is 21.7 Å². The van der Waals surface area contributed by atoms with Crippen LogP contribution in [0.5, 0.6) is 0 Å². The first kappa shape index (κ1) is 14.4. The SMILES string of the molecule is CCC1(NC(=O)c2cc(F)c(F)cc2[N+](=O)[O-])CCC1. The highest BCUT2D eigenvalue weighted by atomic mass is 19.2. The van der Waals surface area contributed by atoms with E-state index in [9.17, 15) is 23.7 Å². The van der Waals surface area contributed by atoms with Crippen molar-refractivity contribution in [3.63, 3.8) is 0 Å². The Kier molecular flexibility index (Phi) is 3.69. The Morgan fingerprint density at radius 3 is 2.45 bits per heavy atom. The lowest BCUT2D eigenvalue weighted by atomic mass is 9.74.